The van der Waals surface area contributed by atoms with Crippen LogP contribution < -0.4 is 5.32 Å². The molecule has 2 unspecified atom stereocenters. The Morgan fingerprint density at radius 3 is 3.13 bits per heavy atom. The van der Waals surface area contributed by atoms with Crippen LogP contribution in [0.1, 0.15) is 25.7 Å². The van der Waals surface area contributed by atoms with Crippen LogP contribution >= 0.6 is 0 Å². The van der Waals surface area contributed by atoms with Crippen molar-refractivity contribution in [3.63, 3.8) is 0 Å². The molecule has 0 aliphatic carbocycles. The van der Waals surface area contributed by atoms with E-state index in [2.05, 4.69) is 5.32 Å². The van der Waals surface area contributed by atoms with Crippen LogP contribution in [0.15, 0.2) is 0 Å². The second-order valence-corrected chi connectivity index (χ2v) is 4.06. The summed E-state index contributed by atoms with van der Waals surface area (Å²) in [7, 11) is 1.68. The quantitative estimate of drug-likeness (QED) is 0.583. The molecule has 0 bridgehead atoms. The van der Waals surface area contributed by atoms with Crippen LogP contribution in [-0.4, -0.2) is 50.7 Å². The zero-order valence-electron chi connectivity index (χ0n) is 9.58. The summed E-state index contributed by atoms with van der Waals surface area (Å²) in [5.74, 6) is 0. The lowest BCUT2D eigenvalue weighted by Gasteiger charge is -2.14. The van der Waals surface area contributed by atoms with E-state index in [1.54, 1.807) is 7.11 Å². The number of aliphatic hydroxyl groups excluding tert-OH is 1. The largest absolute Gasteiger partial charge is 0.392 e. The molecule has 2 N–H and O–H groups in total. The molecule has 0 spiro atoms. The molecule has 0 radical (unpaired) electrons. The Balaban J connectivity index is 1.90. The van der Waals surface area contributed by atoms with E-state index in [0.717, 1.165) is 32.4 Å². The zero-order valence-corrected chi connectivity index (χ0v) is 9.58. The summed E-state index contributed by atoms with van der Waals surface area (Å²) in [5.41, 5.74) is 0. The molecule has 1 saturated heterocycles. The van der Waals surface area contributed by atoms with E-state index in [-0.39, 0.29) is 6.10 Å². The molecular formula is C11H23NO3. The Kier molecular flexibility index (Phi) is 6.92. The van der Waals surface area contributed by atoms with Crippen molar-refractivity contribution in [3.8, 4) is 0 Å². The van der Waals surface area contributed by atoms with Gasteiger partial charge in [-0.2, -0.15) is 0 Å². The molecule has 0 aromatic carbocycles. The number of nitrogens with one attached hydrogen (secondary N) is 1. The molecule has 0 saturated carbocycles. The van der Waals surface area contributed by atoms with E-state index in [1.165, 1.54) is 6.42 Å². The summed E-state index contributed by atoms with van der Waals surface area (Å²) >= 11 is 0. The highest BCUT2D eigenvalue weighted by molar-refractivity contribution is 4.68. The third-order valence-electron chi connectivity index (χ3n) is 2.71. The van der Waals surface area contributed by atoms with Crippen molar-refractivity contribution in [3.05, 3.63) is 0 Å². The van der Waals surface area contributed by atoms with Crippen LogP contribution in [0.2, 0.25) is 0 Å². The van der Waals surface area contributed by atoms with Crippen LogP contribution in [0.25, 0.3) is 0 Å². The van der Waals surface area contributed by atoms with Gasteiger partial charge in [0.15, 0.2) is 0 Å². The number of ether oxygens (including phenoxy) is 2. The fraction of sp³-hybridized carbons (Fsp3) is 1.00. The van der Waals surface area contributed by atoms with Gasteiger partial charge in [0.2, 0.25) is 0 Å². The molecule has 0 aromatic heterocycles. The number of aliphatic hydroxyl groups is 1. The first-order valence-electron chi connectivity index (χ1n) is 5.82. The van der Waals surface area contributed by atoms with E-state index in [9.17, 15) is 5.11 Å². The monoisotopic (exact) mass is 217 g/mol. The van der Waals surface area contributed by atoms with Crippen LogP contribution in [0.5, 0.6) is 0 Å². The van der Waals surface area contributed by atoms with Gasteiger partial charge < -0.3 is 19.9 Å². The maximum absolute atomic E-state index is 9.65. The highest BCUT2D eigenvalue weighted by Gasteiger charge is 2.16. The SMILES string of the molecule is COCCNCC(O)CCC1CCCO1. The molecule has 0 aromatic rings. The third kappa shape index (κ3) is 6.10. The lowest BCUT2D eigenvalue weighted by Crippen LogP contribution is -2.30. The van der Waals surface area contributed by atoms with Crippen molar-refractivity contribution in [2.45, 2.75) is 37.9 Å². The molecule has 1 rings (SSSR count). The van der Waals surface area contributed by atoms with E-state index < -0.39 is 0 Å². The van der Waals surface area contributed by atoms with Crippen molar-refractivity contribution >= 4 is 0 Å². The van der Waals surface area contributed by atoms with Gasteiger partial charge in [0.05, 0.1) is 18.8 Å². The topological polar surface area (TPSA) is 50.7 Å². The fourth-order valence-electron chi connectivity index (χ4n) is 1.80. The Morgan fingerprint density at radius 1 is 1.60 bits per heavy atom. The first kappa shape index (κ1) is 12.9. The molecule has 2 atom stereocenters. The van der Waals surface area contributed by atoms with Gasteiger partial charge in [0, 0.05) is 26.8 Å². The van der Waals surface area contributed by atoms with Crippen molar-refractivity contribution in [1.29, 1.82) is 0 Å². The molecule has 15 heavy (non-hydrogen) atoms. The van der Waals surface area contributed by atoms with Gasteiger partial charge in [0.25, 0.3) is 0 Å². The first-order valence-corrected chi connectivity index (χ1v) is 5.82. The molecule has 1 aliphatic heterocycles. The Labute approximate surface area is 92.0 Å². The number of methoxy groups -OCH3 is 1. The molecule has 1 heterocycles. The molecule has 90 valence electrons. The summed E-state index contributed by atoms with van der Waals surface area (Å²) in [5, 5.41) is 12.8. The van der Waals surface area contributed by atoms with Crippen LogP contribution in [0.3, 0.4) is 0 Å². The minimum atomic E-state index is -0.258. The van der Waals surface area contributed by atoms with E-state index in [4.69, 9.17) is 9.47 Å². The minimum absolute atomic E-state index is 0.258. The molecule has 1 aliphatic rings. The second kappa shape index (κ2) is 8.05. The van der Waals surface area contributed by atoms with Crippen LogP contribution in [0.4, 0.5) is 0 Å². The number of rotatable bonds is 8. The summed E-state index contributed by atoms with van der Waals surface area (Å²) < 4.78 is 10.4. The van der Waals surface area contributed by atoms with Gasteiger partial charge in [-0.1, -0.05) is 0 Å². The van der Waals surface area contributed by atoms with Gasteiger partial charge in [-0.15, -0.1) is 0 Å². The number of hydrogen-bond donors (Lipinski definition) is 2. The second-order valence-electron chi connectivity index (χ2n) is 4.06. The van der Waals surface area contributed by atoms with E-state index in [1.807, 2.05) is 0 Å². The van der Waals surface area contributed by atoms with Gasteiger partial charge in [0.1, 0.15) is 0 Å². The molecule has 0 amide bonds. The van der Waals surface area contributed by atoms with Crippen molar-refractivity contribution in [1.82, 2.24) is 5.32 Å². The van der Waals surface area contributed by atoms with E-state index >= 15 is 0 Å². The predicted molar refractivity (Wildman–Crippen MR) is 59.0 cm³/mol. The average molecular weight is 217 g/mol. The predicted octanol–water partition coefficient (Wildman–Crippen LogP) is 0.542. The third-order valence-corrected chi connectivity index (χ3v) is 2.71. The fourth-order valence-corrected chi connectivity index (χ4v) is 1.80. The van der Waals surface area contributed by atoms with Gasteiger partial charge in [-0.3, -0.25) is 0 Å². The summed E-state index contributed by atoms with van der Waals surface area (Å²) in [6, 6.07) is 0. The smallest absolute Gasteiger partial charge is 0.0665 e. The highest BCUT2D eigenvalue weighted by atomic mass is 16.5. The normalized spacial score (nSPS) is 23.2. The minimum Gasteiger partial charge on any atom is -0.392 e. The Morgan fingerprint density at radius 2 is 2.47 bits per heavy atom. The maximum Gasteiger partial charge on any atom is 0.0665 e. The summed E-state index contributed by atoms with van der Waals surface area (Å²) in [6.07, 6.45) is 4.26. The van der Waals surface area contributed by atoms with Crippen LogP contribution in [0, 0.1) is 0 Å². The van der Waals surface area contributed by atoms with Crippen LogP contribution in [-0.2, 0) is 9.47 Å². The Bertz CT molecular complexity index is 149. The van der Waals surface area contributed by atoms with Crippen molar-refractivity contribution in [2.75, 3.05) is 33.4 Å². The molecular weight excluding hydrogens is 194 g/mol. The first-order chi connectivity index (χ1) is 7.33. The average Bonchev–Trinajstić information content (AvgIpc) is 2.74. The maximum atomic E-state index is 9.65. The molecule has 1 fully saturated rings. The molecule has 4 nitrogen and oxygen atoms in total. The lowest BCUT2D eigenvalue weighted by atomic mass is 10.1. The van der Waals surface area contributed by atoms with Crippen molar-refractivity contribution < 1.29 is 14.6 Å². The lowest BCUT2D eigenvalue weighted by molar-refractivity contribution is 0.0804. The standard InChI is InChI=1S/C11H23NO3/c1-14-8-6-12-9-10(13)4-5-11-3-2-7-15-11/h10-13H,2-9H2,1H3. The zero-order chi connectivity index (χ0) is 10.9. The van der Waals surface area contributed by atoms with Crippen molar-refractivity contribution in [2.24, 2.45) is 0 Å². The summed E-state index contributed by atoms with van der Waals surface area (Å²) in [6.45, 7) is 3.04. The van der Waals surface area contributed by atoms with E-state index in [0.29, 0.717) is 19.3 Å². The van der Waals surface area contributed by atoms with Gasteiger partial charge in [-0.25, -0.2) is 0 Å². The molecule has 4 heteroatoms. The Hall–Kier alpha value is -0.160. The van der Waals surface area contributed by atoms with Gasteiger partial charge in [-0.05, 0) is 25.7 Å². The summed E-state index contributed by atoms with van der Waals surface area (Å²) in [4.78, 5) is 0. The number of hydrogen-bond acceptors (Lipinski definition) is 4. The van der Waals surface area contributed by atoms with Gasteiger partial charge >= 0.3 is 0 Å². The highest BCUT2D eigenvalue weighted by Crippen LogP contribution is 2.17.